The van der Waals surface area contributed by atoms with Crippen molar-refractivity contribution in [1.82, 2.24) is 0 Å². The molecule has 0 aliphatic rings. The second kappa shape index (κ2) is 75.3. The standard InChI is InChI=1S/C81H138O5/c1-3-5-7-9-11-13-15-17-19-21-23-25-27-29-31-33-35-37-38-39-40-41-42-44-45-47-49-51-53-55-57-59-61-63-65-67-69-71-73-75-80(83)85-78-79(77-82)86-81(84)76-74-72-70-68-66-64-62-60-58-56-54-52-50-48-46-43-36-34-32-30-28-26-24-22-20-18-16-14-12-10-8-6-4-2/h5-8,11-14,17-20,23-26,29-32,36,43,79,82H,3-4,9-10,15-16,21-22,27-28,33-35,37-42,44-78H2,1-2H3/b7-5-,8-6-,13-11-,14-12-,19-17-,20-18-,25-23-,26-24-,31-29-,32-30-,43-36-. The topological polar surface area (TPSA) is 72.8 Å². The number of aliphatic hydroxyl groups excluding tert-OH is 1. The van der Waals surface area contributed by atoms with E-state index in [0.29, 0.717) is 12.8 Å². The minimum Gasteiger partial charge on any atom is -0.462 e. The maximum Gasteiger partial charge on any atom is 0.306 e. The molecule has 86 heavy (non-hydrogen) atoms. The molecule has 492 valence electrons. The van der Waals surface area contributed by atoms with E-state index < -0.39 is 6.10 Å². The van der Waals surface area contributed by atoms with Gasteiger partial charge in [0.25, 0.3) is 0 Å². The van der Waals surface area contributed by atoms with Gasteiger partial charge in [0.2, 0.25) is 0 Å². The van der Waals surface area contributed by atoms with E-state index in [-0.39, 0.29) is 25.2 Å². The van der Waals surface area contributed by atoms with Crippen LogP contribution in [0.2, 0.25) is 0 Å². The Hall–Kier alpha value is -3.96. The predicted molar refractivity (Wildman–Crippen MR) is 380 cm³/mol. The number of hydrogen-bond donors (Lipinski definition) is 1. The highest BCUT2D eigenvalue weighted by Gasteiger charge is 2.16. The molecule has 0 amide bonds. The van der Waals surface area contributed by atoms with Gasteiger partial charge in [-0.25, -0.2) is 0 Å². The Morgan fingerprint density at radius 3 is 0.698 bits per heavy atom. The Balaban J connectivity index is 3.44. The van der Waals surface area contributed by atoms with Gasteiger partial charge in [-0.2, -0.15) is 0 Å². The average Bonchev–Trinajstić information content (AvgIpc) is 3.55. The van der Waals surface area contributed by atoms with E-state index in [0.717, 1.165) is 109 Å². The molecular formula is C81H138O5. The Labute approximate surface area is 534 Å². The van der Waals surface area contributed by atoms with Crippen LogP contribution in [0, 0.1) is 0 Å². The molecule has 0 aromatic rings. The molecule has 1 N–H and O–H groups in total. The summed E-state index contributed by atoms with van der Waals surface area (Å²) in [6.45, 7) is 3.94. The Morgan fingerprint density at radius 2 is 0.465 bits per heavy atom. The fraction of sp³-hybridized carbons (Fsp3) is 0.704. The largest absolute Gasteiger partial charge is 0.462 e. The highest BCUT2D eigenvalue weighted by molar-refractivity contribution is 5.70. The van der Waals surface area contributed by atoms with Crippen LogP contribution in [-0.2, 0) is 19.1 Å². The van der Waals surface area contributed by atoms with Crippen molar-refractivity contribution in [3.63, 3.8) is 0 Å². The molecule has 1 atom stereocenters. The number of carbonyl (C=O) groups is 2. The lowest BCUT2D eigenvalue weighted by Crippen LogP contribution is -2.28. The molecule has 0 aliphatic carbocycles. The van der Waals surface area contributed by atoms with Crippen LogP contribution in [-0.4, -0.2) is 36.4 Å². The molecule has 0 rings (SSSR count). The summed E-state index contributed by atoms with van der Waals surface area (Å²) in [5.74, 6) is -0.580. The average molecular weight is 1190 g/mol. The van der Waals surface area contributed by atoms with Crippen molar-refractivity contribution in [2.75, 3.05) is 13.2 Å². The summed E-state index contributed by atoms with van der Waals surface area (Å²) in [5, 5.41) is 9.72. The molecule has 5 heteroatoms. The van der Waals surface area contributed by atoms with Gasteiger partial charge in [-0.15, -0.1) is 0 Å². The summed E-state index contributed by atoms with van der Waals surface area (Å²) in [4.78, 5) is 24.7. The van der Waals surface area contributed by atoms with E-state index in [2.05, 4.69) is 148 Å². The highest BCUT2D eigenvalue weighted by Crippen LogP contribution is 2.18. The molecular weight excluding hydrogens is 1050 g/mol. The first-order valence-electron chi connectivity index (χ1n) is 36.7. The van der Waals surface area contributed by atoms with Crippen molar-refractivity contribution < 1.29 is 24.2 Å². The van der Waals surface area contributed by atoms with Crippen molar-refractivity contribution in [2.45, 2.75) is 354 Å². The van der Waals surface area contributed by atoms with Crippen molar-refractivity contribution in [1.29, 1.82) is 0 Å². The Kier molecular flexibility index (Phi) is 71.8. The monoisotopic (exact) mass is 1190 g/mol. The van der Waals surface area contributed by atoms with Crippen LogP contribution in [0.3, 0.4) is 0 Å². The number of esters is 2. The zero-order valence-corrected chi connectivity index (χ0v) is 56.5. The molecule has 0 bridgehead atoms. The molecule has 0 aromatic heterocycles. The number of hydrogen-bond acceptors (Lipinski definition) is 5. The lowest BCUT2D eigenvalue weighted by molar-refractivity contribution is -0.161. The van der Waals surface area contributed by atoms with Gasteiger partial charge in [-0.3, -0.25) is 9.59 Å². The third-order valence-corrected chi connectivity index (χ3v) is 15.9. The van der Waals surface area contributed by atoms with Gasteiger partial charge in [-0.05, 0) is 109 Å². The number of ether oxygens (including phenoxy) is 2. The number of aliphatic hydroxyl groups is 1. The summed E-state index contributed by atoms with van der Waals surface area (Å²) in [6, 6.07) is 0. The van der Waals surface area contributed by atoms with E-state index >= 15 is 0 Å². The number of carbonyl (C=O) groups excluding carboxylic acids is 2. The van der Waals surface area contributed by atoms with Crippen LogP contribution >= 0.6 is 0 Å². The smallest absolute Gasteiger partial charge is 0.306 e. The molecule has 0 fully saturated rings. The Morgan fingerprint density at radius 1 is 0.267 bits per heavy atom. The van der Waals surface area contributed by atoms with Crippen LogP contribution in [0.4, 0.5) is 0 Å². The maximum absolute atomic E-state index is 12.4. The van der Waals surface area contributed by atoms with Crippen LogP contribution in [0.1, 0.15) is 348 Å². The number of allylic oxidation sites excluding steroid dienone is 22. The van der Waals surface area contributed by atoms with Crippen LogP contribution in [0.5, 0.6) is 0 Å². The van der Waals surface area contributed by atoms with E-state index in [1.165, 1.54) is 212 Å². The van der Waals surface area contributed by atoms with Crippen LogP contribution in [0.25, 0.3) is 0 Å². The van der Waals surface area contributed by atoms with E-state index in [1.807, 2.05) is 0 Å². The van der Waals surface area contributed by atoms with Crippen LogP contribution in [0.15, 0.2) is 134 Å². The molecule has 1 unspecified atom stereocenters. The first-order chi connectivity index (χ1) is 42.6. The second-order valence-corrected chi connectivity index (χ2v) is 24.3. The van der Waals surface area contributed by atoms with Crippen molar-refractivity contribution in [2.24, 2.45) is 0 Å². The first kappa shape index (κ1) is 82.0. The fourth-order valence-electron chi connectivity index (χ4n) is 10.5. The number of rotatable bonds is 67. The summed E-state index contributed by atoms with van der Waals surface area (Å²) in [7, 11) is 0. The molecule has 0 spiro atoms. The van der Waals surface area contributed by atoms with Gasteiger partial charge in [0, 0.05) is 12.8 Å². The maximum atomic E-state index is 12.4. The third kappa shape index (κ3) is 72.5. The SMILES string of the molecule is CC/C=C\C/C=C\C/C=C\C/C=C\C/C=C\C/C=C\CCCCCCCCCCCCCCCCC(=O)OC(CO)COC(=O)CCCCCCCCCCCCCCCCCCCCCCCCC/C=C\C/C=C\C/C=C\C/C=C\C/C=C\CC. The molecule has 0 saturated carbocycles. The zero-order valence-electron chi connectivity index (χ0n) is 56.5. The zero-order chi connectivity index (χ0) is 61.9. The normalized spacial score (nSPS) is 13.0. The van der Waals surface area contributed by atoms with Crippen molar-refractivity contribution >= 4 is 11.9 Å². The van der Waals surface area contributed by atoms with Gasteiger partial charge >= 0.3 is 11.9 Å². The minimum absolute atomic E-state index is 0.0671. The lowest BCUT2D eigenvalue weighted by atomic mass is 10.0. The number of unbranched alkanes of at least 4 members (excludes halogenated alkanes) is 37. The van der Waals surface area contributed by atoms with Gasteiger partial charge in [0.15, 0.2) is 6.10 Å². The summed E-state index contributed by atoms with van der Waals surface area (Å²) >= 11 is 0. The van der Waals surface area contributed by atoms with Crippen molar-refractivity contribution in [3.8, 4) is 0 Å². The van der Waals surface area contributed by atoms with Crippen LogP contribution < -0.4 is 0 Å². The molecule has 0 heterocycles. The summed E-state index contributed by atoms with van der Waals surface area (Å²) in [6.07, 6.45) is 112. The highest BCUT2D eigenvalue weighted by atomic mass is 16.6. The first-order valence-corrected chi connectivity index (χ1v) is 36.7. The van der Waals surface area contributed by atoms with Gasteiger partial charge in [0.05, 0.1) is 6.61 Å². The quantitative estimate of drug-likeness (QED) is 0.0373. The fourth-order valence-corrected chi connectivity index (χ4v) is 10.5. The van der Waals surface area contributed by atoms with E-state index in [9.17, 15) is 14.7 Å². The van der Waals surface area contributed by atoms with Gasteiger partial charge in [0.1, 0.15) is 6.61 Å². The van der Waals surface area contributed by atoms with E-state index in [1.54, 1.807) is 0 Å². The molecule has 0 aliphatic heterocycles. The van der Waals surface area contributed by atoms with Crippen molar-refractivity contribution in [3.05, 3.63) is 134 Å². The third-order valence-electron chi connectivity index (χ3n) is 15.9. The summed E-state index contributed by atoms with van der Waals surface area (Å²) < 4.78 is 10.8. The molecule has 0 radical (unpaired) electrons. The van der Waals surface area contributed by atoms with Gasteiger partial charge < -0.3 is 14.6 Å². The second-order valence-electron chi connectivity index (χ2n) is 24.3. The molecule has 0 saturated heterocycles. The van der Waals surface area contributed by atoms with E-state index in [4.69, 9.17) is 9.47 Å². The molecule has 5 nitrogen and oxygen atoms in total. The minimum atomic E-state index is -0.779. The predicted octanol–water partition coefficient (Wildman–Crippen LogP) is 25.9. The lowest BCUT2D eigenvalue weighted by Gasteiger charge is -2.15. The molecule has 0 aromatic carbocycles. The summed E-state index contributed by atoms with van der Waals surface area (Å²) in [5.41, 5.74) is 0. The van der Waals surface area contributed by atoms with Gasteiger partial charge in [-0.1, -0.05) is 359 Å². The Bertz CT molecular complexity index is 1730.